The van der Waals surface area contributed by atoms with Gasteiger partial charge in [0.15, 0.2) is 0 Å². The largest absolute Gasteiger partial charge is 0.350 e. The minimum absolute atomic E-state index is 0.0650. The van der Waals surface area contributed by atoms with Crippen LogP contribution in [0.5, 0.6) is 0 Å². The molecule has 4 aliphatic carbocycles. The highest BCUT2D eigenvalue weighted by molar-refractivity contribution is 5.81. The van der Waals surface area contributed by atoms with Gasteiger partial charge in [-0.1, -0.05) is 0 Å². The van der Waals surface area contributed by atoms with Crippen LogP contribution < -0.4 is 5.32 Å². The highest BCUT2D eigenvalue weighted by Gasteiger charge is 2.51. The second-order valence-electron chi connectivity index (χ2n) is 8.48. The lowest BCUT2D eigenvalue weighted by molar-refractivity contribution is -0.133. The van der Waals surface area contributed by atoms with Crippen LogP contribution in [0.3, 0.4) is 0 Å². The third kappa shape index (κ3) is 3.76. The molecule has 4 bridgehead atoms. The van der Waals surface area contributed by atoms with E-state index in [1.807, 2.05) is 30.7 Å². The fraction of sp³-hybridized carbons (Fsp3) is 0.895. The zero-order chi connectivity index (χ0) is 17.3. The maximum absolute atomic E-state index is 12.6. The van der Waals surface area contributed by atoms with Gasteiger partial charge in [-0.05, 0) is 77.2 Å². The Labute approximate surface area is 146 Å². The number of nitrogens with one attached hydrogen (secondary N) is 1. The zero-order valence-electron chi connectivity index (χ0n) is 15.5. The molecule has 0 heterocycles. The third-order valence-electron chi connectivity index (χ3n) is 6.38. The summed E-state index contributed by atoms with van der Waals surface area (Å²) >= 11 is 0. The van der Waals surface area contributed by atoms with Gasteiger partial charge in [-0.2, -0.15) is 0 Å². The Balaban J connectivity index is 1.50. The van der Waals surface area contributed by atoms with Crippen molar-refractivity contribution in [2.24, 2.45) is 17.8 Å². The molecular weight excluding hydrogens is 302 g/mol. The van der Waals surface area contributed by atoms with Crippen molar-refractivity contribution < 1.29 is 9.59 Å². The highest BCUT2D eigenvalue weighted by atomic mass is 16.2. The van der Waals surface area contributed by atoms with E-state index in [0.717, 1.165) is 30.8 Å². The van der Waals surface area contributed by atoms with E-state index in [4.69, 9.17) is 0 Å². The fourth-order valence-corrected chi connectivity index (χ4v) is 5.81. The minimum atomic E-state index is 0.0650. The molecule has 4 fully saturated rings. The summed E-state index contributed by atoms with van der Waals surface area (Å²) in [5, 5.41) is 3.38. The van der Waals surface area contributed by atoms with Gasteiger partial charge in [0.05, 0.1) is 13.1 Å². The molecule has 0 unspecified atom stereocenters. The molecule has 2 amide bonds. The van der Waals surface area contributed by atoms with Crippen molar-refractivity contribution in [2.45, 2.75) is 57.9 Å². The van der Waals surface area contributed by atoms with Crippen molar-refractivity contribution in [3.63, 3.8) is 0 Å². The van der Waals surface area contributed by atoms with Crippen LogP contribution in [0.25, 0.3) is 0 Å². The van der Waals surface area contributed by atoms with E-state index in [1.54, 1.807) is 0 Å². The molecule has 5 nitrogen and oxygen atoms in total. The van der Waals surface area contributed by atoms with Crippen LogP contribution in [-0.2, 0) is 9.59 Å². The van der Waals surface area contributed by atoms with Crippen molar-refractivity contribution in [1.82, 2.24) is 15.1 Å². The van der Waals surface area contributed by atoms with Crippen molar-refractivity contribution in [2.75, 3.05) is 33.2 Å². The Morgan fingerprint density at radius 3 is 1.92 bits per heavy atom. The molecule has 0 aliphatic heterocycles. The number of carbonyl (C=O) groups excluding carboxylic acids is 2. The molecule has 4 rings (SSSR count). The predicted molar refractivity (Wildman–Crippen MR) is 94.5 cm³/mol. The molecule has 0 saturated heterocycles. The van der Waals surface area contributed by atoms with Gasteiger partial charge in [0.2, 0.25) is 11.8 Å². The van der Waals surface area contributed by atoms with Crippen LogP contribution in [0.2, 0.25) is 0 Å². The summed E-state index contributed by atoms with van der Waals surface area (Å²) in [7, 11) is 1.86. The van der Waals surface area contributed by atoms with Crippen molar-refractivity contribution >= 4 is 11.8 Å². The van der Waals surface area contributed by atoms with Crippen LogP contribution in [0.15, 0.2) is 0 Å². The topological polar surface area (TPSA) is 52.7 Å². The maximum Gasteiger partial charge on any atom is 0.236 e. The van der Waals surface area contributed by atoms with Crippen LogP contribution in [0.1, 0.15) is 52.4 Å². The molecule has 4 saturated carbocycles. The third-order valence-corrected chi connectivity index (χ3v) is 6.38. The standard InChI is InChI=1S/C19H33N3O2/c1-4-22(5-2)18(24)13-21(3)12-17(23)20-19-9-14-6-15(10-19)8-16(7-14)11-19/h14-16H,4-13H2,1-3H3,(H,20,23). The van der Waals surface area contributed by atoms with Gasteiger partial charge in [-0.3, -0.25) is 14.5 Å². The van der Waals surface area contributed by atoms with Gasteiger partial charge in [0, 0.05) is 18.6 Å². The van der Waals surface area contributed by atoms with Gasteiger partial charge in [-0.15, -0.1) is 0 Å². The summed E-state index contributed by atoms with van der Waals surface area (Å²) in [5.74, 6) is 2.69. The van der Waals surface area contributed by atoms with E-state index in [9.17, 15) is 9.59 Å². The first-order valence-electron chi connectivity index (χ1n) is 9.70. The summed E-state index contributed by atoms with van der Waals surface area (Å²) < 4.78 is 0. The van der Waals surface area contributed by atoms with Crippen LogP contribution in [-0.4, -0.2) is 60.4 Å². The highest BCUT2D eigenvalue weighted by Crippen LogP contribution is 2.55. The number of carbonyl (C=O) groups is 2. The average molecular weight is 335 g/mol. The van der Waals surface area contributed by atoms with Gasteiger partial charge < -0.3 is 10.2 Å². The average Bonchev–Trinajstić information content (AvgIpc) is 2.45. The summed E-state index contributed by atoms with van der Waals surface area (Å²) in [5.41, 5.74) is 0.0650. The summed E-state index contributed by atoms with van der Waals surface area (Å²) in [6, 6.07) is 0. The summed E-state index contributed by atoms with van der Waals surface area (Å²) in [4.78, 5) is 28.4. The van der Waals surface area contributed by atoms with Gasteiger partial charge in [0.1, 0.15) is 0 Å². The number of likely N-dealkylation sites (N-methyl/N-ethyl adjacent to an activating group) is 2. The van der Waals surface area contributed by atoms with E-state index in [-0.39, 0.29) is 17.4 Å². The predicted octanol–water partition coefficient (Wildman–Crippen LogP) is 1.87. The van der Waals surface area contributed by atoms with E-state index < -0.39 is 0 Å². The maximum atomic E-state index is 12.6. The normalized spacial score (nSPS) is 33.8. The molecule has 0 atom stereocenters. The molecule has 5 heteroatoms. The second kappa shape index (κ2) is 7.03. The van der Waals surface area contributed by atoms with Crippen LogP contribution in [0, 0.1) is 17.8 Å². The number of amides is 2. The molecule has 136 valence electrons. The van der Waals surface area contributed by atoms with E-state index >= 15 is 0 Å². The van der Waals surface area contributed by atoms with Crippen molar-refractivity contribution in [3.05, 3.63) is 0 Å². The van der Waals surface area contributed by atoms with Crippen LogP contribution >= 0.6 is 0 Å². The van der Waals surface area contributed by atoms with E-state index in [1.165, 1.54) is 38.5 Å². The Bertz CT molecular complexity index is 452. The number of rotatable bonds is 7. The molecule has 0 aromatic carbocycles. The first-order chi connectivity index (χ1) is 11.4. The molecule has 4 aliphatic rings. The van der Waals surface area contributed by atoms with Crippen LogP contribution in [0.4, 0.5) is 0 Å². The first kappa shape index (κ1) is 17.7. The van der Waals surface area contributed by atoms with Crippen molar-refractivity contribution in [3.8, 4) is 0 Å². The smallest absolute Gasteiger partial charge is 0.236 e. The van der Waals surface area contributed by atoms with Crippen molar-refractivity contribution in [1.29, 1.82) is 0 Å². The molecule has 0 spiro atoms. The molecule has 0 aromatic rings. The van der Waals surface area contributed by atoms with Gasteiger partial charge in [0.25, 0.3) is 0 Å². The lowest BCUT2D eigenvalue weighted by Crippen LogP contribution is -2.61. The number of nitrogens with zero attached hydrogens (tertiary/aromatic N) is 2. The fourth-order valence-electron chi connectivity index (χ4n) is 5.81. The van der Waals surface area contributed by atoms with Gasteiger partial charge >= 0.3 is 0 Å². The monoisotopic (exact) mass is 335 g/mol. The molecular formula is C19H33N3O2. The minimum Gasteiger partial charge on any atom is -0.350 e. The molecule has 24 heavy (non-hydrogen) atoms. The van der Waals surface area contributed by atoms with E-state index in [0.29, 0.717) is 13.1 Å². The molecule has 0 radical (unpaired) electrons. The number of hydrogen-bond acceptors (Lipinski definition) is 3. The Hall–Kier alpha value is -1.10. The quantitative estimate of drug-likeness (QED) is 0.773. The van der Waals surface area contributed by atoms with Gasteiger partial charge in [-0.25, -0.2) is 0 Å². The lowest BCUT2D eigenvalue weighted by atomic mass is 9.53. The molecule has 1 N–H and O–H groups in total. The zero-order valence-corrected chi connectivity index (χ0v) is 15.5. The Kier molecular flexibility index (Phi) is 5.19. The second-order valence-corrected chi connectivity index (χ2v) is 8.48. The SMILES string of the molecule is CCN(CC)C(=O)CN(C)CC(=O)NC12CC3CC(CC(C3)C1)C2. The lowest BCUT2D eigenvalue weighted by Gasteiger charge is -2.57. The first-order valence-corrected chi connectivity index (χ1v) is 9.70. The van der Waals surface area contributed by atoms with E-state index in [2.05, 4.69) is 5.32 Å². The Morgan fingerprint density at radius 1 is 0.958 bits per heavy atom. The number of hydrogen-bond donors (Lipinski definition) is 1. The Morgan fingerprint density at radius 2 is 1.46 bits per heavy atom. The summed E-state index contributed by atoms with van der Waals surface area (Å²) in [6.07, 6.45) is 7.67. The summed E-state index contributed by atoms with van der Waals surface area (Å²) in [6.45, 7) is 6.05. The molecule has 0 aromatic heterocycles.